The third kappa shape index (κ3) is 14.9. The van der Waals surface area contributed by atoms with Crippen molar-refractivity contribution in [1.82, 2.24) is 0 Å². The maximum Gasteiger partial charge on any atom is 1.00 e. The van der Waals surface area contributed by atoms with Gasteiger partial charge in [0.25, 0.3) is 0 Å². The Labute approximate surface area is 263 Å². The van der Waals surface area contributed by atoms with Crippen LogP contribution in [0.1, 0.15) is 153 Å². The van der Waals surface area contributed by atoms with Crippen LogP contribution in [-0.2, 0) is 23.0 Å². The van der Waals surface area contributed by atoms with Gasteiger partial charge < -0.3 is 4.55 Å². The van der Waals surface area contributed by atoms with Crippen LogP contribution in [0.15, 0.2) is 35.2 Å². The Kier molecular flexibility index (Phi) is 20.9. The molecule has 216 valence electrons. The van der Waals surface area contributed by atoms with Crippen molar-refractivity contribution >= 4 is 20.9 Å². The van der Waals surface area contributed by atoms with E-state index in [0.29, 0.717) is 17.4 Å². The quantitative estimate of drug-likeness (QED) is 0.0788. The first kappa shape index (κ1) is 36.6. The predicted octanol–water partition coefficient (Wildman–Crippen LogP) is 7.67. The molecule has 0 spiro atoms. The molecule has 0 aliphatic rings. The number of hydrogen-bond acceptors (Lipinski definition) is 3. The molecular weight excluding hydrogens is 511 g/mol. The SMILES string of the molecule is CCCCCCCCCCCCc1ccc2c(CCCCCCCCCCCC)cccc2c1S(=O)(=O)[O-].[Na+]. The van der Waals surface area contributed by atoms with E-state index in [4.69, 9.17) is 0 Å². The minimum Gasteiger partial charge on any atom is -0.744 e. The Morgan fingerprint density at radius 1 is 0.513 bits per heavy atom. The fourth-order valence-electron chi connectivity index (χ4n) is 5.76. The Bertz CT molecular complexity index is 1000. The number of unbranched alkanes of at least 4 members (excludes halogenated alkanes) is 18. The van der Waals surface area contributed by atoms with Crippen LogP contribution in [0.3, 0.4) is 0 Å². The molecule has 0 bridgehead atoms. The van der Waals surface area contributed by atoms with Crippen LogP contribution in [0.4, 0.5) is 0 Å². The molecule has 39 heavy (non-hydrogen) atoms. The van der Waals surface area contributed by atoms with Crippen LogP contribution < -0.4 is 29.6 Å². The van der Waals surface area contributed by atoms with E-state index in [2.05, 4.69) is 26.0 Å². The largest absolute Gasteiger partial charge is 1.00 e. The molecule has 3 nitrogen and oxygen atoms in total. The molecule has 5 heteroatoms. The molecule has 0 N–H and O–H groups in total. The van der Waals surface area contributed by atoms with Gasteiger partial charge in [-0.1, -0.05) is 160 Å². The molecule has 0 aliphatic carbocycles. The summed E-state index contributed by atoms with van der Waals surface area (Å²) in [6.07, 6.45) is 27.0. The number of hydrogen-bond donors (Lipinski definition) is 0. The minimum atomic E-state index is -4.53. The summed E-state index contributed by atoms with van der Waals surface area (Å²) >= 11 is 0. The van der Waals surface area contributed by atoms with Crippen LogP contribution in [0, 0.1) is 0 Å². The Balaban J connectivity index is 0.00000760. The van der Waals surface area contributed by atoms with Crippen LogP contribution in [0.5, 0.6) is 0 Å². The molecule has 0 fully saturated rings. The third-order valence-corrected chi connectivity index (χ3v) is 9.02. The second-order valence-corrected chi connectivity index (χ2v) is 12.7. The molecule has 2 rings (SSSR count). The molecule has 0 saturated carbocycles. The molecule has 0 saturated heterocycles. The summed E-state index contributed by atoms with van der Waals surface area (Å²) in [7, 11) is -4.53. The van der Waals surface area contributed by atoms with Gasteiger partial charge in [0.15, 0.2) is 0 Å². The topological polar surface area (TPSA) is 57.2 Å². The van der Waals surface area contributed by atoms with Gasteiger partial charge >= 0.3 is 29.6 Å². The Morgan fingerprint density at radius 2 is 0.923 bits per heavy atom. The maximum atomic E-state index is 12.3. The smallest absolute Gasteiger partial charge is 0.744 e. The third-order valence-electron chi connectivity index (χ3n) is 8.03. The van der Waals surface area contributed by atoms with Gasteiger partial charge in [0, 0.05) is 0 Å². The average molecular weight is 567 g/mol. The van der Waals surface area contributed by atoms with Crippen molar-refractivity contribution in [3.8, 4) is 0 Å². The van der Waals surface area contributed by atoms with Gasteiger partial charge in [0.1, 0.15) is 10.1 Å². The van der Waals surface area contributed by atoms with E-state index in [-0.39, 0.29) is 34.5 Å². The standard InChI is InChI=1S/C34H56O3S.Na/c1-3-5-7-9-11-13-15-17-19-21-24-30-26-23-27-33-32(30)29-28-31(34(33)38(35,36)37)25-22-20-18-16-14-12-10-8-6-4-2;/h23,26-29H,3-22,24-25H2,1-2H3,(H,35,36,37);/q;+1/p-1. The summed E-state index contributed by atoms with van der Waals surface area (Å²) < 4.78 is 37.0. The van der Waals surface area contributed by atoms with Crippen molar-refractivity contribution in [2.24, 2.45) is 0 Å². The van der Waals surface area contributed by atoms with Gasteiger partial charge in [0.05, 0.1) is 4.90 Å². The first-order valence-corrected chi connectivity index (χ1v) is 17.4. The van der Waals surface area contributed by atoms with Gasteiger partial charge in [-0.05, 0) is 47.6 Å². The van der Waals surface area contributed by atoms with Crippen molar-refractivity contribution in [2.45, 2.75) is 160 Å². The summed E-state index contributed by atoms with van der Waals surface area (Å²) in [5.41, 5.74) is 1.86. The summed E-state index contributed by atoms with van der Waals surface area (Å²) in [5.74, 6) is 0. The zero-order valence-corrected chi connectivity index (χ0v) is 28.4. The van der Waals surface area contributed by atoms with Gasteiger partial charge in [-0.2, -0.15) is 0 Å². The van der Waals surface area contributed by atoms with Gasteiger partial charge in [-0.15, -0.1) is 0 Å². The van der Waals surface area contributed by atoms with E-state index in [1.165, 1.54) is 109 Å². The van der Waals surface area contributed by atoms with Crippen molar-refractivity contribution < 1.29 is 42.5 Å². The number of rotatable bonds is 23. The average Bonchev–Trinajstić information content (AvgIpc) is 2.89. The van der Waals surface area contributed by atoms with Gasteiger partial charge in [-0.3, -0.25) is 0 Å². The van der Waals surface area contributed by atoms with Crippen molar-refractivity contribution in [3.05, 3.63) is 41.5 Å². The second kappa shape index (κ2) is 22.2. The first-order valence-electron chi connectivity index (χ1n) is 16.0. The molecule has 0 amide bonds. The molecule has 0 unspecified atom stereocenters. The zero-order valence-electron chi connectivity index (χ0n) is 25.6. The number of benzene rings is 2. The maximum absolute atomic E-state index is 12.3. The van der Waals surface area contributed by atoms with Gasteiger partial charge in [0.2, 0.25) is 0 Å². The van der Waals surface area contributed by atoms with E-state index in [9.17, 15) is 13.0 Å². The molecule has 2 aromatic rings. The fourth-order valence-corrected chi connectivity index (χ4v) is 6.69. The zero-order chi connectivity index (χ0) is 27.5. The van der Waals surface area contributed by atoms with Crippen molar-refractivity contribution in [2.75, 3.05) is 0 Å². The normalized spacial score (nSPS) is 11.7. The predicted molar refractivity (Wildman–Crippen MR) is 163 cm³/mol. The summed E-state index contributed by atoms with van der Waals surface area (Å²) in [5, 5.41) is 1.55. The van der Waals surface area contributed by atoms with Crippen LogP contribution >= 0.6 is 0 Å². The molecule has 0 radical (unpaired) electrons. The Hall–Kier alpha value is -0.390. The van der Waals surface area contributed by atoms with Crippen LogP contribution in [0.25, 0.3) is 10.8 Å². The van der Waals surface area contributed by atoms with Gasteiger partial charge in [-0.25, -0.2) is 8.42 Å². The van der Waals surface area contributed by atoms with Crippen LogP contribution in [0.2, 0.25) is 0 Å². The molecule has 0 heterocycles. The number of fused-ring (bicyclic) bond motifs is 1. The molecule has 0 aliphatic heterocycles. The molecular formula is C34H55NaO3S. The fraction of sp³-hybridized carbons (Fsp3) is 0.706. The van der Waals surface area contributed by atoms with E-state index in [1.807, 2.05) is 18.2 Å². The van der Waals surface area contributed by atoms with E-state index in [0.717, 1.165) is 36.6 Å². The molecule has 2 aromatic carbocycles. The summed E-state index contributed by atoms with van der Waals surface area (Å²) in [4.78, 5) is 0.0239. The Morgan fingerprint density at radius 3 is 1.36 bits per heavy atom. The summed E-state index contributed by atoms with van der Waals surface area (Å²) in [6.45, 7) is 4.51. The molecule has 0 atom stereocenters. The van der Waals surface area contributed by atoms with Crippen LogP contribution in [-0.4, -0.2) is 13.0 Å². The van der Waals surface area contributed by atoms with E-state index < -0.39 is 10.1 Å². The van der Waals surface area contributed by atoms with E-state index in [1.54, 1.807) is 0 Å². The monoisotopic (exact) mass is 566 g/mol. The first-order chi connectivity index (χ1) is 18.5. The van der Waals surface area contributed by atoms with E-state index >= 15 is 0 Å². The minimum absolute atomic E-state index is 0. The van der Waals surface area contributed by atoms with Crippen molar-refractivity contribution in [3.63, 3.8) is 0 Å². The van der Waals surface area contributed by atoms with Crippen molar-refractivity contribution in [1.29, 1.82) is 0 Å². The molecule has 0 aromatic heterocycles. The summed E-state index contributed by atoms with van der Waals surface area (Å²) in [6, 6.07) is 9.81. The second-order valence-electron chi connectivity index (χ2n) is 11.4. The number of aryl methyl sites for hydroxylation is 2.